The second-order valence-electron chi connectivity index (χ2n) is 4.60. The molecule has 8 heteroatoms. The third kappa shape index (κ3) is 5.15. The van der Waals surface area contributed by atoms with Gasteiger partial charge in [0.2, 0.25) is 11.0 Å². The van der Waals surface area contributed by atoms with Crippen molar-refractivity contribution in [3.05, 3.63) is 28.8 Å². The SMILES string of the molecule is CCCNc1nnc(SCC(=O)Nc2ccc(Cl)cc2C)s1. The Labute approximate surface area is 142 Å². The van der Waals surface area contributed by atoms with Gasteiger partial charge in [-0.2, -0.15) is 0 Å². The number of aromatic nitrogens is 2. The normalized spacial score (nSPS) is 10.5. The lowest BCUT2D eigenvalue weighted by atomic mass is 10.2. The third-order valence-electron chi connectivity index (χ3n) is 2.72. The summed E-state index contributed by atoms with van der Waals surface area (Å²) in [4.78, 5) is 12.0. The number of hydrogen-bond donors (Lipinski definition) is 2. The predicted octanol–water partition coefficient (Wildman–Crippen LogP) is 4.05. The van der Waals surface area contributed by atoms with E-state index >= 15 is 0 Å². The van der Waals surface area contributed by atoms with E-state index in [9.17, 15) is 4.79 Å². The minimum Gasteiger partial charge on any atom is -0.360 e. The van der Waals surface area contributed by atoms with Gasteiger partial charge in [-0.25, -0.2) is 0 Å². The van der Waals surface area contributed by atoms with Crippen molar-refractivity contribution in [1.82, 2.24) is 10.2 Å². The molecule has 0 aliphatic rings. The van der Waals surface area contributed by atoms with Gasteiger partial charge in [0.15, 0.2) is 4.34 Å². The number of hydrogen-bond acceptors (Lipinski definition) is 6. The van der Waals surface area contributed by atoms with Crippen LogP contribution in [0.5, 0.6) is 0 Å². The van der Waals surface area contributed by atoms with Crippen LogP contribution in [0.2, 0.25) is 5.02 Å². The Bertz CT molecular complexity index is 648. The van der Waals surface area contributed by atoms with E-state index in [4.69, 9.17) is 11.6 Å². The minimum absolute atomic E-state index is 0.0753. The summed E-state index contributed by atoms with van der Waals surface area (Å²) >= 11 is 8.73. The maximum Gasteiger partial charge on any atom is 0.234 e. The van der Waals surface area contributed by atoms with Gasteiger partial charge in [-0.1, -0.05) is 41.6 Å². The first-order valence-electron chi connectivity index (χ1n) is 6.84. The van der Waals surface area contributed by atoms with Gasteiger partial charge in [0.25, 0.3) is 0 Å². The molecule has 2 N–H and O–H groups in total. The van der Waals surface area contributed by atoms with E-state index in [0.717, 1.165) is 33.7 Å². The molecular formula is C14H17ClN4OS2. The number of nitrogens with one attached hydrogen (secondary N) is 2. The van der Waals surface area contributed by atoms with Crippen LogP contribution >= 0.6 is 34.7 Å². The van der Waals surface area contributed by atoms with E-state index in [1.807, 2.05) is 13.0 Å². The Morgan fingerprint density at radius 3 is 2.95 bits per heavy atom. The molecule has 1 amide bonds. The summed E-state index contributed by atoms with van der Waals surface area (Å²) in [5.74, 6) is 0.221. The van der Waals surface area contributed by atoms with Gasteiger partial charge in [-0.05, 0) is 37.1 Å². The van der Waals surface area contributed by atoms with Gasteiger partial charge >= 0.3 is 0 Å². The molecule has 1 aromatic heterocycles. The molecule has 0 saturated carbocycles. The van der Waals surface area contributed by atoms with E-state index in [2.05, 4.69) is 27.8 Å². The smallest absolute Gasteiger partial charge is 0.234 e. The zero-order chi connectivity index (χ0) is 15.9. The van der Waals surface area contributed by atoms with Crippen LogP contribution in [0, 0.1) is 6.92 Å². The van der Waals surface area contributed by atoms with E-state index in [0.29, 0.717) is 10.8 Å². The Balaban J connectivity index is 1.83. The Morgan fingerprint density at radius 2 is 2.23 bits per heavy atom. The monoisotopic (exact) mass is 356 g/mol. The zero-order valence-electron chi connectivity index (χ0n) is 12.4. The van der Waals surface area contributed by atoms with Crippen LogP contribution in [-0.2, 0) is 4.79 Å². The molecule has 0 saturated heterocycles. The minimum atomic E-state index is -0.0753. The highest BCUT2D eigenvalue weighted by Crippen LogP contribution is 2.26. The molecule has 0 aliphatic heterocycles. The van der Waals surface area contributed by atoms with Crippen LogP contribution in [-0.4, -0.2) is 28.4 Å². The van der Waals surface area contributed by atoms with Gasteiger partial charge in [0.05, 0.1) is 5.75 Å². The molecule has 0 radical (unpaired) electrons. The van der Waals surface area contributed by atoms with E-state index < -0.39 is 0 Å². The molecule has 1 aromatic carbocycles. The molecule has 0 spiro atoms. The molecule has 0 atom stereocenters. The second-order valence-corrected chi connectivity index (χ2v) is 7.23. The van der Waals surface area contributed by atoms with Crippen molar-refractivity contribution in [3.8, 4) is 0 Å². The number of aryl methyl sites for hydroxylation is 1. The molecule has 2 aromatic rings. The fourth-order valence-corrected chi connectivity index (χ4v) is 3.46. The molecule has 1 heterocycles. The number of benzene rings is 1. The number of halogens is 1. The molecule has 22 heavy (non-hydrogen) atoms. The highest BCUT2D eigenvalue weighted by atomic mass is 35.5. The van der Waals surface area contributed by atoms with Crippen LogP contribution in [0.1, 0.15) is 18.9 Å². The fourth-order valence-electron chi connectivity index (χ4n) is 1.65. The summed E-state index contributed by atoms with van der Waals surface area (Å²) in [6.07, 6.45) is 1.03. The first-order chi connectivity index (χ1) is 10.6. The molecule has 5 nitrogen and oxygen atoms in total. The quantitative estimate of drug-likeness (QED) is 0.732. The molecule has 0 aliphatic carbocycles. The topological polar surface area (TPSA) is 66.9 Å². The molecular weight excluding hydrogens is 340 g/mol. The van der Waals surface area contributed by atoms with Crippen molar-refractivity contribution in [2.45, 2.75) is 24.6 Å². The maximum absolute atomic E-state index is 12.0. The van der Waals surface area contributed by atoms with Crippen LogP contribution in [0.3, 0.4) is 0 Å². The average Bonchev–Trinajstić information content (AvgIpc) is 2.94. The van der Waals surface area contributed by atoms with Crippen molar-refractivity contribution in [2.75, 3.05) is 22.9 Å². The largest absolute Gasteiger partial charge is 0.360 e. The fraction of sp³-hybridized carbons (Fsp3) is 0.357. The summed E-state index contributed by atoms with van der Waals surface area (Å²) in [7, 11) is 0. The summed E-state index contributed by atoms with van der Waals surface area (Å²) < 4.78 is 0.779. The third-order valence-corrected chi connectivity index (χ3v) is 4.97. The molecule has 2 rings (SSSR count). The van der Waals surface area contributed by atoms with Crippen molar-refractivity contribution in [3.63, 3.8) is 0 Å². The maximum atomic E-state index is 12.0. The summed E-state index contributed by atoms with van der Waals surface area (Å²) in [5.41, 5.74) is 1.71. The number of anilines is 2. The van der Waals surface area contributed by atoms with Gasteiger partial charge in [-0.15, -0.1) is 10.2 Å². The van der Waals surface area contributed by atoms with Gasteiger partial charge in [-0.3, -0.25) is 4.79 Å². The number of carbonyl (C=O) groups excluding carboxylic acids is 1. The lowest BCUT2D eigenvalue weighted by molar-refractivity contribution is -0.113. The van der Waals surface area contributed by atoms with Crippen LogP contribution in [0.25, 0.3) is 0 Å². The van der Waals surface area contributed by atoms with Gasteiger partial charge < -0.3 is 10.6 Å². The van der Waals surface area contributed by atoms with Crippen molar-refractivity contribution >= 4 is 51.4 Å². The van der Waals surface area contributed by atoms with Crippen molar-refractivity contribution in [1.29, 1.82) is 0 Å². The van der Waals surface area contributed by atoms with Crippen LogP contribution in [0.4, 0.5) is 10.8 Å². The van der Waals surface area contributed by atoms with Gasteiger partial charge in [0.1, 0.15) is 0 Å². The molecule has 0 fully saturated rings. The number of rotatable bonds is 7. The highest BCUT2D eigenvalue weighted by molar-refractivity contribution is 8.01. The lowest BCUT2D eigenvalue weighted by Crippen LogP contribution is -2.14. The number of thioether (sulfide) groups is 1. The summed E-state index contributed by atoms with van der Waals surface area (Å²) in [5, 5.41) is 15.6. The average molecular weight is 357 g/mol. The Morgan fingerprint density at radius 1 is 1.41 bits per heavy atom. The number of amides is 1. The number of nitrogens with zero attached hydrogens (tertiary/aromatic N) is 2. The summed E-state index contributed by atoms with van der Waals surface area (Å²) in [6.45, 7) is 4.87. The molecule has 0 bridgehead atoms. The van der Waals surface area contributed by atoms with Crippen molar-refractivity contribution < 1.29 is 4.79 Å². The van der Waals surface area contributed by atoms with Crippen molar-refractivity contribution in [2.24, 2.45) is 0 Å². The predicted molar refractivity (Wildman–Crippen MR) is 94.2 cm³/mol. The second kappa shape index (κ2) is 8.36. The number of carbonyl (C=O) groups is 1. The summed E-state index contributed by atoms with van der Waals surface area (Å²) in [6, 6.07) is 5.38. The van der Waals surface area contributed by atoms with E-state index in [1.54, 1.807) is 12.1 Å². The lowest BCUT2D eigenvalue weighted by Gasteiger charge is -2.07. The van der Waals surface area contributed by atoms with Crippen LogP contribution in [0.15, 0.2) is 22.5 Å². The van der Waals surface area contributed by atoms with Crippen LogP contribution < -0.4 is 10.6 Å². The Hall–Kier alpha value is -1.31. The molecule has 0 unspecified atom stereocenters. The standard InChI is InChI=1S/C14H17ClN4OS2/c1-3-6-16-13-18-19-14(22-13)21-8-12(20)17-11-5-4-10(15)7-9(11)2/h4-5,7H,3,6,8H2,1-2H3,(H,16,18)(H,17,20). The first kappa shape index (κ1) is 17.1. The Kier molecular flexibility index (Phi) is 6.48. The zero-order valence-corrected chi connectivity index (χ0v) is 14.7. The highest BCUT2D eigenvalue weighted by Gasteiger charge is 2.09. The molecule has 118 valence electrons. The van der Waals surface area contributed by atoms with E-state index in [1.165, 1.54) is 23.1 Å². The van der Waals surface area contributed by atoms with E-state index in [-0.39, 0.29) is 5.91 Å². The van der Waals surface area contributed by atoms with Gasteiger partial charge in [0, 0.05) is 17.3 Å². The first-order valence-corrected chi connectivity index (χ1v) is 9.02.